The lowest BCUT2D eigenvalue weighted by Crippen LogP contribution is -2.42. The summed E-state index contributed by atoms with van der Waals surface area (Å²) in [5.74, 6) is -3.36. The SMILES string of the molecule is CC(=O)N[C@H](CS[C@@H]1CC(=O)N(c2cccc(F)c2)C1=O)C(=O)O. The number of hydrogen-bond donors (Lipinski definition) is 2. The summed E-state index contributed by atoms with van der Waals surface area (Å²) >= 11 is 0.976. The summed E-state index contributed by atoms with van der Waals surface area (Å²) in [7, 11) is 0. The van der Waals surface area contributed by atoms with Crippen molar-refractivity contribution in [2.75, 3.05) is 10.7 Å². The average Bonchev–Trinajstić information content (AvgIpc) is 2.77. The van der Waals surface area contributed by atoms with E-state index in [-0.39, 0.29) is 17.9 Å². The number of benzene rings is 1. The maximum Gasteiger partial charge on any atom is 0.327 e. The zero-order chi connectivity index (χ0) is 17.9. The maximum atomic E-state index is 13.3. The Hall–Kier alpha value is -2.42. The number of halogens is 1. The molecular weight excluding hydrogens is 339 g/mol. The van der Waals surface area contributed by atoms with Gasteiger partial charge in [0.15, 0.2) is 0 Å². The molecule has 7 nitrogen and oxygen atoms in total. The number of carboxylic acids is 1. The summed E-state index contributed by atoms with van der Waals surface area (Å²) in [5, 5.41) is 10.5. The molecule has 1 heterocycles. The summed E-state index contributed by atoms with van der Waals surface area (Å²) in [4.78, 5) is 47.4. The topological polar surface area (TPSA) is 104 Å². The predicted octanol–water partition coefficient (Wildman–Crippen LogP) is 0.780. The van der Waals surface area contributed by atoms with E-state index in [1.165, 1.54) is 25.1 Å². The van der Waals surface area contributed by atoms with E-state index in [4.69, 9.17) is 5.11 Å². The molecule has 0 bridgehead atoms. The van der Waals surface area contributed by atoms with Crippen LogP contribution in [0.2, 0.25) is 0 Å². The van der Waals surface area contributed by atoms with E-state index in [9.17, 15) is 23.6 Å². The highest BCUT2D eigenvalue weighted by atomic mass is 32.2. The Balaban J connectivity index is 2.06. The smallest absolute Gasteiger partial charge is 0.327 e. The average molecular weight is 354 g/mol. The number of carbonyl (C=O) groups excluding carboxylic acids is 3. The lowest BCUT2D eigenvalue weighted by Gasteiger charge is -2.16. The van der Waals surface area contributed by atoms with E-state index in [1.54, 1.807) is 0 Å². The molecule has 0 spiro atoms. The minimum atomic E-state index is -1.23. The van der Waals surface area contributed by atoms with Gasteiger partial charge in [-0.25, -0.2) is 14.1 Å². The third-order valence-electron chi connectivity index (χ3n) is 3.31. The van der Waals surface area contributed by atoms with Crippen LogP contribution >= 0.6 is 11.8 Å². The largest absolute Gasteiger partial charge is 0.480 e. The molecule has 0 saturated carbocycles. The van der Waals surface area contributed by atoms with Crippen LogP contribution in [0.3, 0.4) is 0 Å². The molecule has 2 N–H and O–H groups in total. The van der Waals surface area contributed by atoms with E-state index in [0.29, 0.717) is 0 Å². The lowest BCUT2D eigenvalue weighted by molar-refractivity contribution is -0.140. The van der Waals surface area contributed by atoms with Crippen molar-refractivity contribution in [3.8, 4) is 0 Å². The number of aliphatic carboxylic acids is 1. The fourth-order valence-electron chi connectivity index (χ4n) is 2.25. The number of amides is 3. The summed E-state index contributed by atoms with van der Waals surface area (Å²) in [6.45, 7) is 1.19. The van der Waals surface area contributed by atoms with Crippen molar-refractivity contribution in [2.45, 2.75) is 24.6 Å². The molecular formula is C15H15FN2O5S. The fourth-order valence-corrected chi connectivity index (χ4v) is 3.41. The van der Waals surface area contributed by atoms with Crippen LogP contribution in [0.5, 0.6) is 0 Å². The van der Waals surface area contributed by atoms with E-state index in [1.807, 2.05) is 0 Å². The zero-order valence-corrected chi connectivity index (χ0v) is 13.5. The molecule has 0 unspecified atom stereocenters. The highest BCUT2D eigenvalue weighted by molar-refractivity contribution is 8.00. The van der Waals surface area contributed by atoms with Crippen molar-refractivity contribution < 1.29 is 28.7 Å². The Kier molecular flexibility index (Phi) is 5.55. The third-order valence-corrected chi connectivity index (χ3v) is 4.61. The predicted molar refractivity (Wildman–Crippen MR) is 85.0 cm³/mol. The first-order chi connectivity index (χ1) is 11.3. The van der Waals surface area contributed by atoms with Gasteiger partial charge in [-0.3, -0.25) is 14.4 Å². The van der Waals surface area contributed by atoms with Crippen molar-refractivity contribution in [3.63, 3.8) is 0 Å². The molecule has 128 valence electrons. The lowest BCUT2D eigenvalue weighted by atomic mass is 10.3. The first-order valence-electron chi connectivity index (χ1n) is 7.03. The molecule has 1 aliphatic heterocycles. The molecule has 0 radical (unpaired) electrons. The van der Waals surface area contributed by atoms with E-state index < -0.39 is 40.8 Å². The quantitative estimate of drug-likeness (QED) is 0.732. The molecule has 2 rings (SSSR count). The van der Waals surface area contributed by atoms with E-state index in [0.717, 1.165) is 22.7 Å². The van der Waals surface area contributed by atoms with Gasteiger partial charge in [0.2, 0.25) is 17.7 Å². The van der Waals surface area contributed by atoms with Crippen LogP contribution < -0.4 is 10.2 Å². The number of thioether (sulfide) groups is 1. The molecule has 1 fully saturated rings. The van der Waals surface area contributed by atoms with Crippen molar-refractivity contribution in [1.29, 1.82) is 0 Å². The van der Waals surface area contributed by atoms with E-state index >= 15 is 0 Å². The number of carbonyl (C=O) groups is 4. The minimum Gasteiger partial charge on any atom is -0.480 e. The molecule has 1 saturated heterocycles. The third kappa shape index (κ3) is 4.10. The second kappa shape index (κ2) is 7.43. The Morgan fingerprint density at radius 2 is 2.17 bits per heavy atom. The summed E-state index contributed by atoms with van der Waals surface area (Å²) in [5.41, 5.74) is 0.143. The van der Waals surface area contributed by atoms with Gasteiger partial charge in [-0.1, -0.05) is 6.07 Å². The van der Waals surface area contributed by atoms with Crippen molar-refractivity contribution in [1.82, 2.24) is 5.32 Å². The van der Waals surface area contributed by atoms with Crippen LogP contribution in [0.4, 0.5) is 10.1 Å². The summed E-state index contributed by atoms with van der Waals surface area (Å²) < 4.78 is 13.3. The van der Waals surface area contributed by atoms with Gasteiger partial charge in [-0.05, 0) is 18.2 Å². The van der Waals surface area contributed by atoms with Crippen LogP contribution in [0, 0.1) is 5.82 Å². The second-order valence-corrected chi connectivity index (χ2v) is 6.40. The molecule has 0 aromatic heterocycles. The molecule has 1 aromatic carbocycles. The van der Waals surface area contributed by atoms with Gasteiger partial charge in [0.1, 0.15) is 11.9 Å². The van der Waals surface area contributed by atoms with Gasteiger partial charge in [0, 0.05) is 19.1 Å². The van der Waals surface area contributed by atoms with E-state index in [2.05, 4.69) is 5.32 Å². The standard InChI is InChI=1S/C15H15FN2O5S/c1-8(19)17-11(15(22)23)7-24-12-6-13(20)18(14(12)21)10-4-2-3-9(16)5-10/h2-5,11-12H,6-7H2,1H3,(H,17,19)(H,22,23)/t11-,12-/m1/s1. The van der Waals surface area contributed by atoms with Crippen LogP contribution in [0.15, 0.2) is 24.3 Å². The highest BCUT2D eigenvalue weighted by Crippen LogP contribution is 2.30. The molecule has 0 aliphatic carbocycles. The van der Waals surface area contributed by atoms with Gasteiger partial charge in [-0.2, -0.15) is 0 Å². The van der Waals surface area contributed by atoms with Crippen LogP contribution in [0.25, 0.3) is 0 Å². The van der Waals surface area contributed by atoms with Gasteiger partial charge < -0.3 is 10.4 Å². The summed E-state index contributed by atoms with van der Waals surface area (Å²) in [6.07, 6.45) is -0.105. The van der Waals surface area contributed by atoms with Crippen molar-refractivity contribution in [3.05, 3.63) is 30.1 Å². The molecule has 1 aromatic rings. The monoisotopic (exact) mass is 354 g/mol. The molecule has 1 aliphatic rings. The Labute approximate surface area is 141 Å². The van der Waals surface area contributed by atoms with Crippen LogP contribution in [0.1, 0.15) is 13.3 Å². The molecule has 3 amide bonds. The fraction of sp³-hybridized carbons (Fsp3) is 0.333. The first-order valence-corrected chi connectivity index (χ1v) is 8.08. The second-order valence-electron chi connectivity index (χ2n) is 5.16. The number of nitrogens with one attached hydrogen (secondary N) is 1. The maximum absolute atomic E-state index is 13.3. The first kappa shape index (κ1) is 17.9. The normalized spacial score (nSPS) is 18.6. The molecule has 2 atom stereocenters. The van der Waals surface area contributed by atoms with Crippen molar-refractivity contribution in [2.24, 2.45) is 0 Å². The van der Waals surface area contributed by atoms with Gasteiger partial charge >= 0.3 is 5.97 Å². The number of carboxylic acid groups (broad SMARTS) is 1. The van der Waals surface area contributed by atoms with Crippen LogP contribution in [-0.2, 0) is 19.2 Å². The number of imide groups is 1. The molecule has 24 heavy (non-hydrogen) atoms. The van der Waals surface area contributed by atoms with Crippen molar-refractivity contribution >= 4 is 41.1 Å². The number of nitrogens with zero attached hydrogens (tertiary/aromatic N) is 1. The Morgan fingerprint density at radius 3 is 2.75 bits per heavy atom. The minimum absolute atomic E-state index is 0.0599. The zero-order valence-electron chi connectivity index (χ0n) is 12.7. The van der Waals surface area contributed by atoms with Gasteiger partial charge in [0.05, 0.1) is 10.9 Å². The van der Waals surface area contributed by atoms with Gasteiger partial charge in [-0.15, -0.1) is 11.8 Å². The molecule has 9 heteroatoms. The highest BCUT2D eigenvalue weighted by Gasteiger charge is 2.40. The summed E-state index contributed by atoms with van der Waals surface area (Å²) in [6, 6.07) is 3.97. The Morgan fingerprint density at radius 1 is 1.46 bits per heavy atom. The van der Waals surface area contributed by atoms with Gasteiger partial charge in [0.25, 0.3) is 0 Å². The number of anilines is 1. The number of rotatable bonds is 6. The number of hydrogen-bond acceptors (Lipinski definition) is 5. The Bertz CT molecular complexity index is 696. The van der Waals surface area contributed by atoms with Crippen LogP contribution in [-0.4, -0.2) is 45.8 Å².